The van der Waals surface area contributed by atoms with Crippen LogP contribution in [0.25, 0.3) is 5.76 Å². The fraction of sp³-hybridized carbons (Fsp3) is 0.214. The number of carbonyl (C=O) groups excluding carboxylic acids is 2. The van der Waals surface area contributed by atoms with Crippen molar-refractivity contribution >= 4 is 23.1 Å². The zero-order valence-electron chi connectivity index (χ0n) is 19.6. The van der Waals surface area contributed by atoms with Crippen LogP contribution in [-0.2, 0) is 9.59 Å². The van der Waals surface area contributed by atoms with Gasteiger partial charge in [-0.15, -0.1) is 0 Å². The molecule has 0 radical (unpaired) electrons. The molecule has 174 valence electrons. The predicted octanol–water partition coefficient (Wildman–Crippen LogP) is 5.46. The molecule has 6 nitrogen and oxygen atoms in total. The highest BCUT2D eigenvalue weighted by molar-refractivity contribution is 6.51. The van der Waals surface area contributed by atoms with Gasteiger partial charge in [0, 0.05) is 11.3 Å². The summed E-state index contributed by atoms with van der Waals surface area (Å²) in [7, 11) is 1.44. The van der Waals surface area contributed by atoms with E-state index in [2.05, 4.69) is 13.8 Å². The summed E-state index contributed by atoms with van der Waals surface area (Å²) in [5.41, 5.74) is 3.49. The number of ketones is 1. The van der Waals surface area contributed by atoms with Gasteiger partial charge in [0.2, 0.25) is 0 Å². The molecular formula is C28H27NO5. The van der Waals surface area contributed by atoms with Crippen LogP contribution in [0.5, 0.6) is 11.5 Å². The van der Waals surface area contributed by atoms with Gasteiger partial charge in [-0.25, -0.2) is 0 Å². The third-order valence-corrected chi connectivity index (χ3v) is 6.13. The number of benzene rings is 3. The monoisotopic (exact) mass is 457 g/mol. The first-order valence-electron chi connectivity index (χ1n) is 11.1. The quantitative estimate of drug-likeness (QED) is 0.302. The number of carbonyl (C=O) groups is 2. The maximum atomic E-state index is 13.3. The summed E-state index contributed by atoms with van der Waals surface area (Å²) in [5, 5.41) is 21.6. The second-order valence-electron chi connectivity index (χ2n) is 8.71. The van der Waals surface area contributed by atoms with E-state index in [-0.39, 0.29) is 22.8 Å². The van der Waals surface area contributed by atoms with Gasteiger partial charge >= 0.3 is 0 Å². The van der Waals surface area contributed by atoms with Crippen molar-refractivity contribution in [2.75, 3.05) is 12.0 Å². The van der Waals surface area contributed by atoms with Crippen LogP contribution in [0.1, 0.15) is 48.1 Å². The lowest BCUT2D eigenvalue weighted by molar-refractivity contribution is -0.132. The van der Waals surface area contributed by atoms with Crippen molar-refractivity contribution in [2.24, 2.45) is 0 Å². The van der Waals surface area contributed by atoms with E-state index in [0.29, 0.717) is 22.7 Å². The number of rotatable bonds is 5. The standard InChI is InChI=1S/C28H27NO5/c1-16(2)18-9-12-21(13-10-18)29-25(20-11-14-23(34-4)22(30)15-20)24(27(32)28(29)33)26(31)19-7-5-17(3)6-8-19/h5-16,25,30-31H,1-4H3/b26-24-. The number of phenols is 1. The van der Waals surface area contributed by atoms with Crippen LogP contribution in [-0.4, -0.2) is 29.0 Å². The van der Waals surface area contributed by atoms with Crippen molar-refractivity contribution in [1.29, 1.82) is 0 Å². The van der Waals surface area contributed by atoms with Crippen LogP contribution in [0.15, 0.2) is 72.3 Å². The summed E-state index contributed by atoms with van der Waals surface area (Å²) in [6, 6.07) is 18.3. The lowest BCUT2D eigenvalue weighted by atomic mass is 9.94. The van der Waals surface area contributed by atoms with Gasteiger partial charge in [0.05, 0.1) is 18.7 Å². The fourth-order valence-electron chi connectivity index (χ4n) is 4.18. The first-order chi connectivity index (χ1) is 16.2. The fourth-order valence-corrected chi connectivity index (χ4v) is 4.18. The molecule has 1 atom stereocenters. The molecule has 3 aromatic rings. The maximum absolute atomic E-state index is 13.3. The highest BCUT2D eigenvalue weighted by Crippen LogP contribution is 2.44. The molecule has 2 N–H and O–H groups in total. The van der Waals surface area contributed by atoms with Gasteiger partial charge in [-0.2, -0.15) is 0 Å². The number of hydrogen-bond acceptors (Lipinski definition) is 5. The smallest absolute Gasteiger partial charge is 0.300 e. The Morgan fingerprint density at radius 2 is 1.62 bits per heavy atom. The zero-order chi connectivity index (χ0) is 24.6. The Morgan fingerprint density at radius 1 is 0.971 bits per heavy atom. The third-order valence-electron chi connectivity index (χ3n) is 6.13. The molecule has 0 bridgehead atoms. The number of aliphatic hydroxyl groups is 1. The molecule has 1 heterocycles. The van der Waals surface area contributed by atoms with Gasteiger partial charge in [0.25, 0.3) is 11.7 Å². The van der Waals surface area contributed by atoms with Crippen molar-refractivity contribution in [1.82, 2.24) is 0 Å². The number of aliphatic hydroxyl groups excluding tert-OH is 1. The minimum atomic E-state index is -0.928. The van der Waals surface area contributed by atoms with Gasteiger partial charge in [0.1, 0.15) is 5.76 Å². The predicted molar refractivity (Wildman–Crippen MR) is 131 cm³/mol. The molecule has 0 aromatic heterocycles. The molecule has 1 aliphatic rings. The molecule has 0 aliphatic carbocycles. The molecule has 1 aliphatic heterocycles. The van der Waals surface area contributed by atoms with E-state index in [1.54, 1.807) is 36.4 Å². The summed E-state index contributed by atoms with van der Waals surface area (Å²) >= 11 is 0. The molecule has 0 saturated carbocycles. The highest BCUT2D eigenvalue weighted by atomic mass is 16.5. The van der Waals surface area contributed by atoms with Crippen LogP contribution >= 0.6 is 0 Å². The Morgan fingerprint density at radius 3 is 2.18 bits per heavy atom. The number of anilines is 1. The van der Waals surface area contributed by atoms with Crippen molar-refractivity contribution in [3.8, 4) is 11.5 Å². The molecule has 1 amide bonds. The lowest BCUT2D eigenvalue weighted by Gasteiger charge is -2.26. The average Bonchev–Trinajstić information content (AvgIpc) is 3.09. The van der Waals surface area contributed by atoms with Crippen molar-refractivity contribution < 1.29 is 24.5 Å². The van der Waals surface area contributed by atoms with E-state index >= 15 is 0 Å². The van der Waals surface area contributed by atoms with Crippen molar-refractivity contribution in [3.05, 3.63) is 94.6 Å². The molecule has 34 heavy (non-hydrogen) atoms. The summed E-state index contributed by atoms with van der Waals surface area (Å²) in [6.07, 6.45) is 0. The molecule has 1 unspecified atom stereocenters. The number of hydrogen-bond donors (Lipinski definition) is 2. The minimum absolute atomic E-state index is 0.0358. The van der Waals surface area contributed by atoms with Crippen LogP contribution in [0.3, 0.4) is 0 Å². The normalized spacial score (nSPS) is 17.4. The molecule has 6 heteroatoms. The number of aromatic hydroxyl groups is 1. The largest absolute Gasteiger partial charge is 0.507 e. The van der Waals surface area contributed by atoms with Crippen LogP contribution < -0.4 is 9.64 Å². The number of methoxy groups -OCH3 is 1. The Hall–Kier alpha value is -4.06. The second-order valence-corrected chi connectivity index (χ2v) is 8.71. The second kappa shape index (κ2) is 9.06. The summed E-state index contributed by atoms with van der Waals surface area (Å²) in [6.45, 7) is 6.07. The van der Waals surface area contributed by atoms with E-state index in [4.69, 9.17) is 4.74 Å². The van der Waals surface area contributed by atoms with Crippen LogP contribution in [0, 0.1) is 6.92 Å². The van der Waals surface area contributed by atoms with E-state index in [1.165, 1.54) is 18.1 Å². The van der Waals surface area contributed by atoms with Crippen molar-refractivity contribution in [3.63, 3.8) is 0 Å². The van der Waals surface area contributed by atoms with Crippen molar-refractivity contribution in [2.45, 2.75) is 32.7 Å². The number of phenolic OH excluding ortho intramolecular Hbond substituents is 1. The van der Waals surface area contributed by atoms with Gasteiger partial charge in [-0.05, 0) is 48.2 Å². The molecule has 1 saturated heterocycles. The number of Topliss-reactive ketones (excluding diaryl/α,β-unsaturated/α-hetero) is 1. The molecular weight excluding hydrogens is 430 g/mol. The summed E-state index contributed by atoms with van der Waals surface area (Å²) < 4.78 is 5.15. The molecule has 1 fully saturated rings. The Kier molecular flexibility index (Phi) is 6.16. The van der Waals surface area contributed by atoms with Gasteiger partial charge < -0.3 is 14.9 Å². The van der Waals surface area contributed by atoms with Gasteiger partial charge in [0.15, 0.2) is 11.5 Å². The number of amides is 1. The van der Waals surface area contributed by atoms with E-state index in [0.717, 1.165) is 11.1 Å². The topological polar surface area (TPSA) is 87.1 Å². The summed E-state index contributed by atoms with van der Waals surface area (Å²) in [4.78, 5) is 27.9. The Bertz CT molecular complexity index is 1270. The first-order valence-corrected chi connectivity index (χ1v) is 11.1. The number of nitrogens with zero attached hydrogens (tertiary/aromatic N) is 1. The van der Waals surface area contributed by atoms with E-state index in [1.807, 2.05) is 31.2 Å². The Balaban J connectivity index is 1.92. The summed E-state index contributed by atoms with van der Waals surface area (Å²) in [5.74, 6) is -1.35. The SMILES string of the molecule is COc1ccc(C2/C(=C(/O)c3ccc(C)cc3)C(=O)C(=O)N2c2ccc(C(C)C)cc2)cc1O. The number of ether oxygens (including phenoxy) is 1. The van der Waals surface area contributed by atoms with Gasteiger partial charge in [-0.1, -0.05) is 61.9 Å². The van der Waals surface area contributed by atoms with E-state index < -0.39 is 17.7 Å². The first kappa shape index (κ1) is 23.1. The van der Waals surface area contributed by atoms with Crippen LogP contribution in [0.2, 0.25) is 0 Å². The molecule has 4 rings (SSSR count). The molecule has 0 spiro atoms. The minimum Gasteiger partial charge on any atom is -0.507 e. The maximum Gasteiger partial charge on any atom is 0.300 e. The van der Waals surface area contributed by atoms with Gasteiger partial charge in [-0.3, -0.25) is 14.5 Å². The number of aryl methyl sites for hydroxylation is 1. The average molecular weight is 458 g/mol. The van der Waals surface area contributed by atoms with Crippen LogP contribution in [0.4, 0.5) is 5.69 Å². The lowest BCUT2D eigenvalue weighted by Crippen LogP contribution is -2.29. The Labute approximate surface area is 198 Å². The van der Waals surface area contributed by atoms with E-state index in [9.17, 15) is 19.8 Å². The zero-order valence-corrected chi connectivity index (χ0v) is 19.6. The highest BCUT2D eigenvalue weighted by Gasteiger charge is 2.47. The molecule has 3 aromatic carbocycles. The third kappa shape index (κ3) is 4.03.